The minimum Gasteiger partial charge on any atom is -0.361 e. The van der Waals surface area contributed by atoms with Crippen LogP contribution in [0.5, 0.6) is 0 Å². The van der Waals surface area contributed by atoms with Crippen LogP contribution < -0.4 is 10.6 Å². The summed E-state index contributed by atoms with van der Waals surface area (Å²) in [6.45, 7) is 6.99. The highest BCUT2D eigenvalue weighted by molar-refractivity contribution is 9.10. The summed E-state index contributed by atoms with van der Waals surface area (Å²) in [7, 11) is 0. The number of pyridine rings is 1. The number of hydrogen-bond donors (Lipinski definition) is 2. The Kier molecular flexibility index (Phi) is 5.41. The fourth-order valence-corrected chi connectivity index (χ4v) is 1.41. The third-order valence-electron chi connectivity index (χ3n) is 2.16. The molecule has 5 heteroatoms. The lowest BCUT2D eigenvalue weighted by Crippen LogP contribution is -2.32. The van der Waals surface area contributed by atoms with Crippen LogP contribution >= 0.6 is 15.9 Å². The van der Waals surface area contributed by atoms with Crippen molar-refractivity contribution in [1.29, 1.82) is 0 Å². The van der Waals surface area contributed by atoms with Crippen molar-refractivity contribution in [1.82, 2.24) is 10.3 Å². The molecule has 0 aliphatic carbocycles. The van der Waals surface area contributed by atoms with Gasteiger partial charge in [0.1, 0.15) is 5.82 Å². The number of halogens is 1. The molecule has 0 fully saturated rings. The molecule has 0 saturated heterocycles. The molecule has 1 heterocycles. The quantitative estimate of drug-likeness (QED) is 0.877. The molecule has 0 atom stereocenters. The maximum absolute atomic E-state index is 11.5. The molecule has 0 saturated carbocycles. The summed E-state index contributed by atoms with van der Waals surface area (Å²) < 4.78 is 0.965. The Bertz CT molecular complexity index is 393. The predicted octanol–water partition coefficient (Wildman–Crippen LogP) is 2.34. The third-order valence-corrected chi connectivity index (χ3v) is 3.00. The molecule has 1 aromatic heterocycles. The Balaban J connectivity index is 2.39. The molecule has 94 valence electrons. The minimum absolute atomic E-state index is 0.0129. The summed E-state index contributed by atoms with van der Waals surface area (Å²) in [5.74, 6) is 1.17. The smallest absolute Gasteiger partial charge is 0.239 e. The number of nitrogens with one attached hydrogen (secondary N) is 2. The van der Waals surface area contributed by atoms with Gasteiger partial charge in [0.2, 0.25) is 5.91 Å². The Hall–Kier alpha value is -1.10. The van der Waals surface area contributed by atoms with E-state index in [1.165, 1.54) is 0 Å². The van der Waals surface area contributed by atoms with Gasteiger partial charge in [-0.25, -0.2) is 4.98 Å². The second kappa shape index (κ2) is 6.59. The monoisotopic (exact) mass is 299 g/mol. The van der Waals surface area contributed by atoms with E-state index in [-0.39, 0.29) is 12.5 Å². The lowest BCUT2D eigenvalue weighted by Gasteiger charge is -2.09. The predicted molar refractivity (Wildman–Crippen MR) is 73.0 cm³/mol. The molecular formula is C12H18BrN3O. The maximum Gasteiger partial charge on any atom is 0.239 e. The van der Waals surface area contributed by atoms with Crippen LogP contribution in [0.1, 0.15) is 19.5 Å². The van der Waals surface area contributed by atoms with Gasteiger partial charge in [0.05, 0.1) is 12.2 Å². The number of aryl methyl sites for hydroxylation is 1. The Morgan fingerprint density at radius 2 is 2.18 bits per heavy atom. The molecule has 0 spiro atoms. The molecule has 0 bridgehead atoms. The van der Waals surface area contributed by atoms with Gasteiger partial charge < -0.3 is 10.6 Å². The van der Waals surface area contributed by atoms with Gasteiger partial charge in [0, 0.05) is 11.0 Å². The second-order valence-corrected chi connectivity index (χ2v) is 5.17. The number of nitrogens with zero attached hydrogens (tertiary/aromatic N) is 1. The number of aromatic nitrogens is 1. The van der Waals surface area contributed by atoms with Crippen molar-refractivity contribution in [3.63, 3.8) is 0 Å². The topological polar surface area (TPSA) is 54.0 Å². The highest BCUT2D eigenvalue weighted by Gasteiger charge is 2.03. The van der Waals surface area contributed by atoms with Gasteiger partial charge in [-0.15, -0.1) is 0 Å². The fourth-order valence-electron chi connectivity index (χ4n) is 1.19. The Labute approximate surface area is 110 Å². The van der Waals surface area contributed by atoms with Crippen LogP contribution in [-0.2, 0) is 4.79 Å². The summed E-state index contributed by atoms with van der Waals surface area (Å²) in [5.41, 5.74) is 0.901. The van der Waals surface area contributed by atoms with Crippen LogP contribution in [0.2, 0.25) is 0 Å². The van der Waals surface area contributed by atoms with E-state index in [0.29, 0.717) is 18.3 Å². The molecule has 0 unspecified atom stereocenters. The van der Waals surface area contributed by atoms with Crippen LogP contribution in [-0.4, -0.2) is 24.0 Å². The maximum atomic E-state index is 11.5. The van der Waals surface area contributed by atoms with Crippen LogP contribution in [0, 0.1) is 12.8 Å². The molecule has 0 radical (unpaired) electrons. The van der Waals surface area contributed by atoms with Crippen LogP contribution in [0.25, 0.3) is 0 Å². The van der Waals surface area contributed by atoms with Crippen LogP contribution in [0.3, 0.4) is 0 Å². The molecule has 1 amide bonds. The number of anilines is 1. The zero-order chi connectivity index (χ0) is 12.8. The molecule has 1 rings (SSSR count). The molecule has 0 aliphatic heterocycles. The van der Waals surface area contributed by atoms with E-state index in [4.69, 9.17) is 0 Å². The van der Waals surface area contributed by atoms with Crippen molar-refractivity contribution in [3.05, 3.63) is 22.3 Å². The summed E-state index contributed by atoms with van der Waals surface area (Å²) in [4.78, 5) is 15.8. The van der Waals surface area contributed by atoms with Gasteiger partial charge in [-0.05, 0) is 40.9 Å². The summed E-state index contributed by atoms with van der Waals surface area (Å²) in [6, 6.07) is 3.75. The first-order chi connectivity index (χ1) is 7.99. The highest BCUT2D eigenvalue weighted by atomic mass is 79.9. The molecular weight excluding hydrogens is 282 g/mol. The molecule has 0 aromatic carbocycles. The van der Waals surface area contributed by atoms with E-state index in [1.807, 2.05) is 19.1 Å². The van der Waals surface area contributed by atoms with E-state index < -0.39 is 0 Å². The van der Waals surface area contributed by atoms with E-state index >= 15 is 0 Å². The van der Waals surface area contributed by atoms with Crippen molar-refractivity contribution in [2.45, 2.75) is 20.8 Å². The first kappa shape index (κ1) is 14.0. The number of amides is 1. The van der Waals surface area contributed by atoms with E-state index in [9.17, 15) is 4.79 Å². The lowest BCUT2D eigenvalue weighted by molar-refractivity contribution is -0.119. The number of carbonyl (C=O) groups excluding carboxylic acids is 1. The first-order valence-corrected chi connectivity index (χ1v) is 6.42. The van der Waals surface area contributed by atoms with Gasteiger partial charge >= 0.3 is 0 Å². The van der Waals surface area contributed by atoms with E-state index in [2.05, 4.69) is 45.4 Å². The fraction of sp³-hybridized carbons (Fsp3) is 0.500. The minimum atomic E-state index is -0.0129. The number of hydrogen-bond acceptors (Lipinski definition) is 3. The Morgan fingerprint density at radius 1 is 1.47 bits per heavy atom. The van der Waals surface area contributed by atoms with Crippen LogP contribution in [0.4, 0.5) is 5.82 Å². The van der Waals surface area contributed by atoms with Crippen molar-refractivity contribution >= 4 is 27.7 Å². The first-order valence-electron chi connectivity index (χ1n) is 5.62. The summed E-state index contributed by atoms with van der Waals surface area (Å²) >= 11 is 3.38. The zero-order valence-corrected chi connectivity index (χ0v) is 12.0. The molecule has 0 aliphatic rings. The van der Waals surface area contributed by atoms with Crippen molar-refractivity contribution in [3.8, 4) is 0 Å². The average Bonchev–Trinajstić information content (AvgIpc) is 2.28. The molecule has 4 nitrogen and oxygen atoms in total. The van der Waals surface area contributed by atoms with E-state index in [1.54, 1.807) is 0 Å². The van der Waals surface area contributed by atoms with Crippen molar-refractivity contribution in [2.24, 2.45) is 5.92 Å². The van der Waals surface area contributed by atoms with Crippen molar-refractivity contribution in [2.75, 3.05) is 18.4 Å². The van der Waals surface area contributed by atoms with Gasteiger partial charge in [-0.2, -0.15) is 0 Å². The van der Waals surface area contributed by atoms with E-state index in [0.717, 1.165) is 10.2 Å². The summed E-state index contributed by atoms with van der Waals surface area (Å²) in [5, 5.41) is 5.83. The van der Waals surface area contributed by atoms with Crippen molar-refractivity contribution < 1.29 is 4.79 Å². The van der Waals surface area contributed by atoms with Gasteiger partial charge in [0.15, 0.2) is 0 Å². The SMILES string of the molecule is Cc1nc(NCC(=O)NCC(C)C)ccc1Br. The zero-order valence-electron chi connectivity index (χ0n) is 10.4. The molecule has 2 N–H and O–H groups in total. The van der Waals surface area contributed by atoms with Crippen LogP contribution in [0.15, 0.2) is 16.6 Å². The number of carbonyl (C=O) groups is 1. The second-order valence-electron chi connectivity index (χ2n) is 4.32. The molecule has 17 heavy (non-hydrogen) atoms. The highest BCUT2D eigenvalue weighted by Crippen LogP contribution is 2.15. The normalized spacial score (nSPS) is 10.4. The third kappa shape index (κ3) is 5.17. The van der Waals surface area contributed by atoms with Gasteiger partial charge in [0.25, 0.3) is 0 Å². The average molecular weight is 300 g/mol. The largest absolute Gasteiger partial charge is 0.361 e. The lowest BCUT2D eigenvalue weighted by atomic mass is 10.2. The Morgan fingerprint density at radius 3 is 2.76 bits per heavy atom. The summed E-state index contributed by atoms with van der Waals surface area (Å²) in [6.07, 6.45) is 0. The number of rotatable bonds is 5. The van der Waals surface area contributed by atoms with Gasteiger partial charge in [-0.1, -0.05) is 13.8 Å². The van der Waals surface area contributed by atoms with Gasteiger partial charge in [-0.3, -0.25) is 4.79 Å². The molecule has 1 aromatic rings. The standard InChI is InChI=1S/C12H18BrN3O/c1-8(2)6-15-12(17)7-14-11-5-4-10(13)9(3)16-11/h4-5,8H,6-7H2,1-3H3,(H,14,16)(H,15,17).